The van der Waals surface area contributed by atoms with Gasteiger partial charge in [-0.3, -0.25) is 0 Å². The van der Waals surface area contributed by atoms with Crippen molar-refractivity contribution in [2.24, 2.45) is 0 Å². The Kier molecular flexibility index (Phi) is 5.72. The van der Waals surface area contributed by atoms with Crippen LogP contribution in [0.5, 0.6) is 0 Å². The van der Waals surface area contributed by atoms with E-state index in [1.165, 1.54) is 5.56 Å². The number of halogens is 1. The molecule has 0 atom stereocenters. The van der Waals surface area contributed by atoms with Crippen LogP contribution in [0, 0.1) is 0 Å². The minimum atomic E-state index is -0.223. The number of amides is 2. The number of aromatic nitrogens is 2. The summed E-state index contributed by atoms with van der Waals surface area (Å²) in [5.74, 6) is 0.968. The van der Waals surface area contributed by atoms with E-state index < -0.39 is 0 Å². The highest BCUT2D eigenvalue weighted by Crippen LogP contribution is 2.29. The highest BCUT2D eigenvalue weighted by Gasteiger charge is 2.13. The van der Waals surface area contributed by atoms with E-state index in [9.17, 15) is 4.79 Å². The predicted molar refractivity (Wildman–Crippen MR) is 121 cm³/mol. The second kappa shape index (κ2) is 8.59. The lowest BCUT2D eigenvalue weighted by molar-refractivity contribution is 0.250. The molecule has 0 aliphatic carbocycles. The number of nitrogens with one attached hydrogen (secondary N) is 4. The SMILES string of the molecule is CC(C)NC(=O)Nc1ccc2cc1CCc1cccc(c1)Nc1ncc(Cl)c(n1)N2. The molecule has 154 valence electrons. The van der Waals surface area contributed by atoms with E-state index in [1.807, 2.05) is 44.2 Å². The summed E-state index contributed by atoms with van der Waals surface area (Å²) >= 11 is 6.30. The number of rotatable bonds is 2. The van der Waals surface area contributed by atoms with Crippen molar-refractivity contribution in [3.63, 3.8) is 0 Å². The average molecular weight is 423 g/mol. The van der Waals surface area contributed by atoms with Gasteiger partial charge in [-0.2, -0.15) is 4.98 Å². The molecule has 4 rings (SSSR count). The Morgan fingerprint density at radius 2 is 1.93 bits per heavy atom. The van der Waals surface area contributed by atoms with Crippen LogP contribution >= 0.6 is 11.6 Å². The Hall–Kier alpha value is -3.32. The third kappa shape index (κ3) is 4.80. The molecule has 0 radical (unpaired) electrons. The van der Waals surface area contributed by atoms with Crippen LogP contribution < -0.4 is 21.3 Å². The average Bonchev–Trinajstić information content (AvgIpc) is 2.70. The number of carbonyl (C=O) groups is 1. The third-order valence-electron chi connectivity index (χ3n) is 4.65. The van der Waals surface area contributed by atoms with Crippen LogP contribution in [0.2, 0.25) is 5.02 Å². The smallest absolute Gasteiger partial charge is 0.319 e. The van der Waals surface area contributed by atoms with E-state index in [1.54, 1.807) is 6.20 Å². The summed E-state index contributed by atoms with van der Waals surface area (Å²) in [6.07, 6.45) is 3.14. The Labute approximate surface area is 180 Å². The number of hydrogen-bond acceptors (Lipinski definition) is 5. The Balaban J connectivity index is 1.73. The molecule has 3 aromatic rings. The summed E-state index contributed by atoms with van der Waals surface area (Å²) in [6, 6.07) is 13.8. The second-order valence-corrected chi connectivity index (χ2v) is 7.87. The summed E-state index contributed by atoms with van der Waals surface area (Å²) in [7, 11) is 0. The maximum Gasteiger partial charge on any atom is 0.319 e. The van der Waals surface area contributed by atoms with Crippen molar-refractivity contribution >= 4 is 46.5 Å². The standard InChI is InChI=1S/C22H23ClN6O/c1-13(2)25-22(30)28-19-9-8-17-11-15(19)7-6-14-4-3-5-16(10-14)27-21-24-12-18(23)20(26-17)29-21/h3-5,8-13H,6-7H2,1-2H3,(H2,25,28,30)(H2,24,26,27,29). The van der Waals surface area contributed by atoms with Gasteiger partial charge in [0.1, 0.15) is 5.02 Å². The lowest BCUT2D eigenvalue weighted by Gasteiger charge is -2.16. The largest absolute Gasteiger partial charge is 0.339 e. The molecular formula is C22H23ClN6O. The Morgan fingerprint density at radius 1 is 1.10 bits per heavy atom. The van der Waals surface area contributed by atoms with E-state index in [-0.39, 0.29) is 12.1 Å². The molecule has 2 aromatic carbocycles. The molecule has 4 N–H and O–H groups in total. The van der Waals surface area contributed by atoms with Gasteiger partial charge >= 0.3 is 6.03 Å². The number of carbonyl (C=O) groups excluding carboxylic acids is 1. The third-order valence-corrected chi connectivity index (χ3v) is 4.92. The van der Waals surface area contributed by atoms with Crippen LogP contribution in [0.3, 0.4) is 0 Å². The van der Waals surface area contributed by atoms with Crippen LogP contribution in [0.4, 0.5) is 33.6 Å². The van der Waals surface area contributed by atoms with Gasteiger partial charge in [0.25, 0.3) is 0 Å². The molecule has 7 nitrogen and oxygen atoms in total. The summed E-state index contributed by atoms with van der Waals surface area (Å²) in [5.41, 5.74) is 4.70. The molecule has 0 fully saturated rings. The first kappa shape index (κ1) is 20.0. The molecule has 1 aliphatic heterocycles. The van der Waals surface area contributed by atoms with E-state index in [2.05, 4.69) is 43.4 Å². The van der Waals surface area contributed by atoms with Gasteiger partial charge < -0.3 is 21.3 Å². The maximum absolute atomic E-state index is 12.2. The van der Waals surface area contributed by atoms with Gasteiger partial charge in [-0.25, -0.2) is 9.78 Å². The zero-order valence-electron chi connectivity index (χ0n) is 16.8. The first-order valence-electron chi connectivity index (χ1n) is 9.82. The van der Waals surface area contributed by atoms with Crippen molar-refractivity contribution in [1.82, 2.24) is 15.3 Å². The van der Waals surface area contributed by atoms with Gasteiger partial charge in [0.05, 0.1) is 6.20 Å². The van der Waals surface area contributed by atoms with Crippen LogP contribution in [-0.2, 0) is 12.8 Å². The highest BCUT2D eigenvalue weighted by atomic mass is 35.5. The minimum absolute atomic E-state index is 0.0559. The molecule has 8 heteroatoms. The number of anilines is 5. The predicted octanol–water partition coefficient (Wildman–Crippen LogP) is 5.25. The number of urea groups is 1. The zero-order valence-corrected chi connectivity index (χ0v) is 17.5. The number of benzene rings is 2. The van der Waals surface area contributed by atoms with Gasteiger partial charge in [-0.05, 0) is 68.1 Å². The molecule has 6 bridgehead atoms. The van der Waals surface area contributed by atoms with Crippen LogP contribution in [0.15, 0.2) is 48.7 Å². The zero-order chi connectivity index (χ0) is 21.1. The summed E-state index contributed by atoms with van der Waals surface area (Å²) in [6.45, 7) is 3.85. The molecule has 0 saturated heterocycles. The molecule has 1 aliphatic rings. The molecule has 2 heterocycles. The van der Waals surface area contributed by atoms with Crippen LogP contribution in [-0.4, -0.2) is 22.0 Å². The second-order valence-electron chi connectivity index (χ2n) is 7.47. The normalized spacial score (nSPS) is 12.5. The number of nitrogens with zero attached hydrogens (tertiary/aromatic N) is 2. The van der Waals surface area contributed by atoms with Gasteiger partial charge in [0, 0.05) is 23.1 Å². The van der Waals surface area contributed by atoms with Gasteiger partial charge in [0.2, 0.25) is 5.95 Å². The quantitative estimate of drug-likeness (QED) is 0.453. The monoisotopic (exact) mass is 422 g/mol. The fourth-order valence-corrected chi connectivity index (χ4v) is 3.42. The molecule has 0 saturated carbocycles. The van der Waals surface area contributed by atoms with Crippen LogP contribution in [0.25, 0.3) is 0 Å². The van der Waals surface area contributed by atoms with Gasteiger partial charge in [-0.1, -0.05) is 23.7 Å². The first-order chi connectivity index (χ1) is 14.5. The van der Waals surface area contributed by atoms with Crippen molar-refractivity contribution in [3.05, 3.63) is 64.8 Å². The number of fused-ring (bicyclic) bond motifs is 6. The van der Waals surface area contributed by atoms with Gasteiger partial charge in [0.15, 0.2) is 5.82 Å². The lowest BCUT2D eigenvalue weighted by atomic mass is 10.0. The van der Waals surface area contributed by atoms with E-state index in [4.69, 9.17) is 11.6 Å². The van der Waals surface area contributed by atoms with Crippen molar-refractivity contribution in [3.8, 4) is 0 Å². The molecule has 0 unspecified atom stereocenters. The fraction of sp³-hybridized carbons (Fsp3) is 0.227. The molecule has 2 amide bonds. The highest BCUT2D eigenvalue weighted by molar-refractivity contribution is 6.32. The molecule has 0 spiro atoms. The summed E-state index contributed by atoms with van der Waals surface area (Å²) < 4.78 is 0. The van der Waals surface area contributed by atoms with E-state index in [0.29, 0.717) is 16.8 Å². The van der Waals surface area contributed by atoms with Crippen molar-refractivity contribution < 1.29 is 4.79 Å². The van der Waals surface area contributed by atoms with Crippen molar-refractivity contribution in [1.29, 1.82) is 0 Å². The molecular weight excluding hydrogens is 400 g/mol. The van der Waals surface area contributed by atoms with Crippen molar-refractivity contribution in [2.45, 2.75) is 32.7 Å². The van der Waals surface area contributed by atoms with E-state index in [0.717, 1.165) is 35.5 Å². The van der Waals surface area contributed by atoms with E-state index >= 15 is 0 Å². The Bertz CT molecular complexity index is 1080. The van der Waals surface area contributed by atoms with Crippen LogP contribution in [0.1, 0.15) is 25.0 Å². The minimum Gasteiger partial charge on any atom is -0.339 e. The van der Waals surface area contributed by atoms with Crippen molar-refractivity contribution in [2.75, 3.05) is 16.0 Å². The summed E-state index contributed by atoms with van der Waals surface area (Å²) in [4.78, 5) is 21.0. The summed E-state index contributed by atoms with van der Waals surface area (Å²) in [5, 5.41) is 12.7. The van der Waals surface area contributed by atoms with Gasteiger partial charge in [-0.15, -0.1) is 0 Å². The molecule has 30 heavy (non-hydrogen) atoms. The maximum atomic E-state index is 12.2. The lowest BCUT2D eigenvalue weighted by Crippen LogP contribution is -2.34. The molecule has 1 aromatic heterocycles. The number of hydrogen-bond donors (Lipinski definition) is 4. The Morgan fingerprint density at radius 3 is 2.77 bits per heavy atom. The topological polar surface area (TPSA) is 91.0 Å². The number of aryl methyl sites for hydroxylation is 2. The fourth-order valence-electron chi connectivity index (χ4n) is 3.29. The first-order valence-corrected chi connectivity index (χ1v) is 10.2.